The quantitative estimate of drug-likeness (QED) is 0.768. The lowest BCUT2D eigenvalue weighted by atomic mass is 10.0. The first-order valence-corrected chi connectivity index (χ1v) is 9.77. The Labute approximate surface area is 171 Å². The standard InChI is InChI=1S/C20H22F3N5O2/c1-24-17-15(20(21,22)23)11-25-19(27-17)26-16-5-4-13(10-14(16)12-2-3-12)18(29)28-6-8-30-9-7-28/h4-5,10-12H,2-3,6-9H2,1H3,(H2,24,25,26,27). The fourth-order valence-electron chi connectivity index (χ4n) is 3.45. The zero-order valence-electron chi connectivity index (χ0n) is 16.4. The molecule has 30 heavy (non-hydrogen) atoms. The van der Waals surface area contributed by atoms with Gasteiger partial charge in [-0.1, -0.05) is 0 Å². The minimum absolute atomic E-state index is 0.0463. The Kier molecular flexibility index (Phi) is 5.50. The van der Waals surface area contributed by atoms with E-state index in [1.165, 1.54) is 7.05 Å². The summed E-state index contributed by atoms with van der Waals surface area (Å²) in [6.07, 6.45) is -1.79. The molecule has 2 N–H and O–H groups in total. The highest BCUT2D eigenvalue weighted by atomic mass is 19.4. The third-order valence-corrected chi connectivity index (χ3v) is 5.19. The van der Waals surface area contributed by atoms with Crippen LogP contribution in [-0.2, 0) is 10.9 Å². The molecule has 1 aromatic carbocycles. The highest BCUT2D eigenvalue weighted by Crippen LogP contribution is 2.44. The summed E-state index contributed by atoms with van der Waals surface area (Å²) in [6, 6.07) is 5.34. The average Bonchev–Trinajstić information content (AvgIpc) is 3.58. The predicted octanol–water partition coefficient (Wildman–Crippen LogP) is 3.63. The van der Waals surface area contributed by atoms with Gasteiger partial charge in [0, 0.05) is 37.6 Å². The molecule has 1 aromatic heterocycles. The molecule has 0 unspecified atom stereocenters. The molecule has 1 amide bonds. The molecule has 0 radical (unpaired) electrons. The number of alkyl halides is 3. The number of nitrogens with one attached hydrogen (secondary N) is 2. The molecule has 10 heteroatoms. The third-order valence-electron chi connectivity index (χ3n) is 5.19. The van der Waals surface area contributed by atoms with Crippen molar-refractivity contribution in [3.63, 3.8) is 0 Å². The third kappa shape index (κ3) is 4.33. The summed E-state index contributed by atoms with van der Waals surface area (Å²) in [7, 11) is 1.38. The molecule has 0 spiro atoms. The van der Waals surface area contributed by atoms with Gasteiger partial charge in [0.05, 0.1) is 13.2 Å². The van der Waals surface area contributed by atoms with Gasteiger partial charge in [0.2, 0.25) is 5.95 Å². The smallest absolute Gasteiger partial charge is 0.378 e. The summed E-state index contributed by atoms with van der Waals surface area (Å²) >= 11 is 0. The van der Waals surface area contributed by atoms with Crippen LogP contribution >= 0.6 is 0 Å². The summed E-state index contributed by atoms with van der Waals surface area (Å²) in [5.74, 6) is 0.0201. The molecule has 2 aromatic rings. The number of ether oxygens (including phenoxy) is 1. The number of halogens is 3. The minimum Gasteiger partial charge on any atom is -0.378 e. The lowest BCUT2D eigenvalue weighted by Crippen LogP contribution is -2.40. The van der Waals surface area contributed by atoms with Crippen molar-refractivity contribution in [2.24, 2.45) is 0 Å². The number of morpholine rings is 1. The van der Waals surface area contributed by atoms with Crippen LogP contribution in [0.4, 0.5) is 30.6 Å². The predicted molar refractivity (Wildman–Crippen MR) is 105 cm³/mol. The van der Waals surface area contributed by atoms with Crippen LogP contribution in [0.25, 0.3) is 0 Å². The Hall–Kier alpha value is -2.88. The first-order valence-electron chi connectivity index (χ1n) is 9.77. The molecule has 7 nitrogen and oxygen atoms in total. The van der Waals surface area contributed by atoms with Crippen molar-refractivity contribution in [2.45, 2.75) is 24.9 Å². The van der Waals surface area contributed by atoms with Crippen molar-refractivity contribution < 1.29 is 22.7 Å². The maximum Gasteiger partial charge on any atom is 0.421 e. The fourth-order valence-corrected chi connectivity index (χ4v) is 3.45. The molecule has 2 fully saturated rings. The zero-order chi connectivity index (χ0) is 21.3. The number of carbonyl (C=O) groups excluding carboxylic acids is 1. The summed E-state index contributed by atoms with van der Waals surface area (Å²) in [4.78, 5) is 22.3. The molecular weight excluding hydrogens is 399 g/mol. The van der Waals surface area contributed by atoms with Crippen LogP contribution < -0.4 is 10.6 Å². The summed E-state index contributed by atoms with van der Waals surface area (Å²) < 4.78 is 44.5. The number of anilines is 3. The van der Waals surface area contributed by atoms with Gasteiger partial charge in [-0.2, -0.15) is 18.2 Å². The molecule has 1 aliphatic heterocycles. The molecule has 4 rings (SSSR count). The summed E-state index contributed by atoms with van der Waals surface area (Å²) in [6.45, 7) is 2.17. The van der Waals surface area contributed by atoms with E-state index in [0.717, 1.165) is 24.6 Å². The number of carbonyl (C=O) groups is 1. The molecule has 2 aliphatic rings. The number of hydrogen-bond donors (Lipinski definition) is 2. The van der Waals surface area contributed by atoms with Crippen molar-refractivity contribution >= 4 is 23.4 Å². The van der Waals surface area contributed by atoms with Crippen LogP contribution in [0.3, 0.4) is 0 Å². The van der Waals surface area contributed by atoms with Gasteiger partial charge in [-0.05, 0) is 42.5 Å². The topological polar surface area (TPSA) is 79.4 Å². The zero-order valence-corrected chi connectivity index (χ0v) is 16.4. The monoisotopic (exact) mass is 421 g/mol. The van der Waals surface area contributed by atoms with E-state index in [-0.39, 0.29) is 17.7 Å². The van der Waals surface area contributed by atoms with E-state index in [0.29, 0.717) is 43.5 Å². The lowest BCUT2D eigenvalue weighted by molar-refractivity contribution is -0.137. The van der Waals surface area contributed by atoms with Crippen LogP contribution in [0.15, 0.2) is 24.4 Å². The van der Waals surface area contributed by atoms with Crippen LogP contribution in [0.1, 0.15) is 40.2 Å². The van der Waals surface area contributed by atoms with Gasteiger partial charge in [0.25, 0.3) is 5.91 Å². The number of benzene rings is 1. The van der Waals surface area contributed by atoms with Gasteiger partial charge in [-0.3, -0.25) is 4.79 Å². The molecular formula is C20H22F3N5O2. The Morgan fingerprint density at radius 3 is 2.60 bits per heavy atom. The van der Waals surface area contributed by atoms with Gasteiger partial charge in [-0.15, -0.1) is 0 Å². The Morgan fingerprint density at radius 2 is 1.97 bits per heavy atom. The Bertz CT molecular complexity index is 941. The minimum atomic E-state index is -4.54. The number of hydrogen-bond acceptors (Lipinski definition) is 6. The Morgan fingerprint density at radius 1 is 1.23 bits per heavy atom. The molecule has 2 heterocycles. The molecule has 0 atom stereocenters. The van der Waals surface area contributed by atoms with E-state index in [1.54, 1.807) is 17.0 Å². The lowest BCUT2D eigenvalue weighted by Gasteiger charge is -2.27. The van der Waals surface area contributed by atoms with Crippen molar-refractivity contribution in [3.05, 3.63) is 41.1 Å². The van der Waals surface area contributed by atoms with Crippen molar-refractivity contribution in [1.29, 1.82) is 0 Å². The number of nitrogens with zero attached hydrogens (tertiary/aromatic N) is 3. The van der Waals surface area contributed by atoms with E-state index >= 15 is 0 Å². The van der Waals surface area contributed by atoms with Crippen LogP contribution in [0, 0.1) is 0 Å². The first kappa shape index (κ1) is 20.4. The van der Waals surface area contributed by atoms with Crippen LogP contribution in [0.5, 0.6) is 0 Å². The maximum absolute atomic E-state index is 13.1. The molecule has 1 saturated heterocycles. The van der Waals surface area contributed by atoms with Crippen molar-refractivity contribution in [2.75, 3.05) is 44.0 Å². The maximum atomic E-state index is 13.1. The molecule has 1 aliphatic carbocycles. The highest BCUT2D eigenvalue weighted by Gasteiger charge is 2.35. The van der Waals surface area contributed by atoms with Crippen molar-refractivity contribution in [1.82, 2.24) is 14.9 Å². The van der Waals surface area contributed by atoms with Gasteiger partial charge in [-0.25, -0.2) is 4.98 Å². The normalized spacial score (nSPS) is 17.0. The number of rotatable bonds is 5. The van der Waals surface area contributed by atoms with E-state index < -0.39 is 11.7 Å². The van der Waals surface area contributed by atoms with Crippen molar-refractivity contribution in [3.8, 4) is 0 Å². The fraction of sp³-hybridized carbons (Fsp3) is 0.450. The summed E-state index contributed by atoms with van der Waals surface area (Å²) in [5, 5.41) is 5.49. The SMILES string of the molecule is CNc1nc(Nc2ccc(C(=O)N3CCOCC3)cc2C2CC2)ncc1C(F)(F)F. The summed E-state index contributed by atoms with van der Waals surface area (Å²) in [5.41, 5.74) is 1.31. The molecule has 0 bridgehead atoms. The van der Waals surface area contributed by atoms with E-state index in [2.05, 4.69) is 20.6 Å². The second kappa shape index (κ2) is 8.10. The van der Waals surface area contributed by atoms with Crippen LogP contribution in [-0.4, -0.2) is 54.1 Å². The second-order valence-corrected chi connectivity index (χ2v) is 7.31. The van der Waals surface area contributed by atoms with Gasteiger partial charge in [0.1, 0.15) is 11.4 Å². The van der Waals surface area contributed by atoms with E-state index in [4.69, 9.17) is 4.74 Å². The number of amides is 1. The first-order chi connectivity index (χ1) is 14.4. The number of aromatic nitrogens is 2. The Balaban J connectivity index is 1.59. The van der Waals surface area contributed by atoms with Gasteiger partial charge >= 0.3 is 6.18 Å². The van der Waals surface area contributed by atoms with Gasteiger partial charge in [0.15, 0.2) is 0 Å². The average molecular weight is 421 g/mol. The molecule has 160 valence electrons. The van der Waals surface area contributed by atoms with Gasteiger partial charge < -0.3 is 20.3 Å². The second-order valence-electron chi connectivity index (χ2n) is 7.31. The van der Waals surface area contributed by atoms with E-state index in [1.807, 2.05) is 6.07 Å². The van der Waals surface area contributed by atoms with Crippen LogP contribution in [0.2, 0.25) is 0 Å². The molecule has 1 saturated carbocycles. The van der Waals surface area contributed by atoms with E-state index in [9.17, 15) is 18.0 Å². The largest absolute Gasteiger partial charge is 0.421 e. The highest BCUT2D eigenvalue weighted by molar-refractivity contribution is 5.95.